The molecule has 0 unspecified atom stereocenters. The first-order valence-corrected chi connectivity index (χ1v) is 10.1. The van der Waals surface area contributed by atoms with Gasteiger partial charge in [0.15, 0.2) is 0 Å². The van der Waals surface area contributed by atoms with Crippen LogP contribution in [0.15, 0.2) is 91.9 Å². The molecule has 0 bridgehead atoms. The number of aromatic nitrogens is 2. The summed E-state index contributed by atoms with van der Waals surface area (Å²) in [4.78, 5) is 8.71. The van der Waals surface area contributed by atoms with Gasteiger partial charge in [0.05, 0.1) is 17.0 Å². The fourth-order valence-corrected chi connectivity index (χ4v) is 3.68. The zero-order valence-corrected chi connectivity index (χ0v) is 17.9. The van der Waals surface area contributed by atoms with Crippen molar-refractivity contribution >= 4 is 27.9 Å². The molecule has 3 nitrogen and oxygen atoms in total. The van der Waals surface area contributed by atoms with Crippen LogP contribution in [0.25, 0.3) is 33.3 Å². The highest BCUT2D eigenvalue weighted by atomic mass is 19.4. The number of hydrogen-bond acceptors (Lipinski definition) is 3. The summed E-state index contributed by atoms with van der Waals surface area (Å²) in [5.41, 5.74) is 5.44. The third-order valence-corrected chi connectivity index (χ3v) is 5.22. The maximum atomic E-state index is 13.7. The van der Waals surface area contributed by atoms with Crippen LogP contribution in [0.3, 0.4) is 0 Å². The minimum atomic E-state index is -4.51. The lowest BCUT2D eigenvalue weighted by Crippen LogP contribution is -2.08. The predicted octanol–water partition coefficient (Wildman–Crippen LogP) is 7.59. The van der Waals surface area contributed by atoms with Crippen LogP contribution >= 0.6 is 0 Å². The number of benzene rings is 2. The van der Waals surface area contributed by atoms with Gasteiger partial charge in [-0.05, 0) is 30.7 Å². The molecule has 0 amide bonds. The Balaban J connectivity index is 1.90. The van der Waals surface area contributed by atoms with Gasteiger partial charge in [-0.1, -0.05) is 61.2 Å². The van der Waals surface area contributed by atoms with Crippen molar-refractivity contribution in [3.05, 3.63) is 109 Å². The Morgan fingerprint density at radius 1 is 1.00 bits per heavy atom. The van der Waals surface area contributed by atoms with E-state index in [-0.39, 0.29) is 11.3 Å². The van der Waals surface area contributed by atoms with E-state index in [1.807, 2.05) is 31.2 Å². The van der Waals surface area contributed by atoms with Crippen LogP contribution in [0.1, 0.15) is 23.6 Å². The van der Waals surface area contributed by atoms with Gasteiger partial charge in [0, 0.05) is 34.3 Å². The van der Waals surface area contributed by atoms with Gasteiger partial charge in [-0.2, -0.15) is 13.2 Å². The second kappa shape index (κ2) is 8.77. The summed E-state index contributed by atoms with van der Waals surface area (Å²) in [6.45, 7) is 9.72. The van der Waals surface area contributed by atoms with E-state index in [0.29, 0.717) is 22.3 Å². The van der Waals surface area contributed by atoms with Gasteiger partial charge in [-0.15, -0.1) is 5.73 Å². The topological polar surface area (TPSA) is 37.8 Å². The van der Waals surface area contributed by atoms with Crippen LogP contribution in [-0.2, 0) is 6.18 Å². The molecule has 0 aliphatic heterocycles. The molecular formula is C27H20F3N3. The van der Waals surface area contributed by atoms with E-state index >= 15 is 0 Å². The van der Waals surface area contributed by atoms with Gasteiger partial charge in [0.25, 0.3) is 0 Å². The molecule has 4 rings (SSSR count). The fourth-order valence-electron chi connectivity index (χ4n) is 3.68. The summed E-state index contributed by atoms with van der Waals surface area (Å²) >= 11 is 0. The number of nitrogens with zero attached hydrogens (tertiary/aromatic N) is 2. The predicted molar refractivity (Wildman–Crippen MR) is 127 cm³/mol. The first-order valence-electron chi connectivity index (χ1n) is 10.1. The largest absolute Gasteiger partial charge is 0.417 e. The van der Waals surface area contributed by atoms with Gasteiger partial charge in [0.1, 0.15) is 5.82 Å². The van der Waals surface area contributed by atoms with E-state index in [4.69, 9.17) is 0 Å². The lowest BCUT2D eigenvalue weighted by atomic mass is 9.99. The lowest BCUT2D eigenvalue weighted by Gasteiger charge is -2.17. The Morgan fingerprint density at radius 3 is 2.39 bits per heavy atom. The third kappa shape index (κ3) is 4.43. The average Bonchev–Trinajstić information content (AvgIpc) is 2.81. The van der Waals surface area contributed by atoms with Crippen molar-refractivity contribution in [3.63, 3.8) is 0 Å². The highest BCUT2D eigenvalue weighted by Crippen LogP contribution is 2.38. The summed E-state index contributed by atoms with van der Waals surface area (Å²) in [6, 6.07) is 16.4. The molecule has 0 saturated heterocycles. The van der Waals surface area contributed by atoms with Gasteiger partial charge in [-0.25, -0.2) is 4.98 Å². The first-order chi connectivity index (χ1) is 15.8. The maximum absolute atomic E-state index is 13.7. The number of pyridine rings is 2. The SMILES string of the molecule is C=C=C(Nc1nc(-c2ccccc2C(F)(F)F)cc2cnccc12)c1ccccc1C(=C)C. The molecule has 0 saturated carbocycles. The minimum absolute atomic E-state index is 0.00901. The molecule has 2 heterocycles. The lowest BCUT2D eigenvalue weighted by molar-refractivity contribution is -0.137. The van der Waals surface area contributed by atoms with Crippen molar-refractivity contribution < 1.29 is 13.2 Å². The molecule has 1 N–H and O–H groups in total. The van der Waals surface area contributed by atoms with Crippen LogP contribution in [-0.4, -0.2) is 9.97 Å². The average molecular weight is 443 g/mol. The summed E-state index contributed by atoms with van der Waals surface area (Å²) in [7, 11) is 0. The van der Waals surface area contributed by atoms with Crippen LogP contribution in [0.2, 0.25) is 0 Å². The van der Waals surface area contributed by atoms with Crippen molar-refractivity contribution in [2.45, 2.75) is 13.1 Å². The van der Waals surface area contributed by atoms with Crippen LogP contribution < -0.4 is 5.32 Å². The molecule has 4 aromatic rings. The van der Waals surface area contributed by atoms with Gasteiger partial charge in [-0.3, -0.25) is 4.98 Å². The number of alkyl halides is 3. The summed E-state index contributed by atoms with van der Waals surface area (Å²) < 4.78 is 41.0. The highest BCUT2D eigenvalue weighted by molar-refractivity contribution is 5.97. The van der Waals surface area contributed by atoms with Gasteiger partial charge in [0.2, 0.25) is 0 Å². The second-order valence-electron chi connectivity index (χ2n) is 7.50. The van der Waals surface area contributed by atoms with E-state index < -0.39 is 11.7 Å². The van der Waals surface area contributed by atoms with Gasteiger partial charge >= 0.3 is 6.18 Å². The molecular weight excluding hydrogens is 423 g/mol. The normalized spacial score (nSPS) is 11.2. The van der Waals surface area contributed by atoms with Gasteiger partial charge < -0.3 is 5.32 Å². The number of hydrogen-bond donors (Lipinski definition) is 1. The maximum Gasteiger partial charge on any atom is 0.417 e. The minimum Gasteiger partial charge on any atom is -0.333 e. The zero-order chi connectivity index (χ0) is 23.6. The Kier molecular flexibility index (Phi) is 5.86. The summed E-state index contributed by atoms with van der Waals surface area (Å²) in [5.74, 6) is 0.379. The van der Waals surface area contributed by atoms with Crippen molar-refractivity contribution in [2.75, 3.05) is 5.32 Å². The molecule has 0 fully saturated rings. The number of anilines is 1. The fraction of sp³-hybridized carbons (Fsp3) is 0.0741. The number of allylic oxidation sites excluding steroid dienone is 1. The van der Waals surface area contributed by atoms with E-state index in [1.165, 1.54) is 12.1 Å². The first kappa shape index (κ1) is 22.1. The smallest absolute Gasteiger partial charge is 0.333 e. The van der Waals surface area contributed by atoms with E-state index in [9.17, 15) is 13.2 Å². The molecule has 0 aliphatic rings. The van der Waals surface area contributed by atoms with Crippen molar-refractivity contribution in [1.82, 2.24) is 9.97 Å². The Bertz CT molecular complexity index is 1410. The molecule has 0 radical (unpaired) electrons. The number of rotatable bonds is 5. The second-order valence-corrected chi connectivity index (χ2v) is 7.50. The molecule has 6 heteroatoms. The molecule has 33 heavy (non-hydrogen) atoms. The quantitative estimate of drug-likeness (QED) is 0.323. The van der Waals surface area contributed by atoms with Crippen molar-refractivity contribution in [2.24, 2.45) is 0 Å². The third-order valence-electron chi connectivity index (χ3n) is 5.22. The van der Waals surface area contributed by atoms with Crippen LogP contribution in [0.4, 0.5) is 19.0 Å². The number of nitrogens with one attached hydrogen (secondary N) is 1. The van der Waals surface area contributed by atoms with Crippen molar-refractivity contribution in [3.8, 4) is 11.3 Å². The molecule has 0 spiro atoms. The van der Waals surface area contributed by atoms with Crippen molar-refractivity contribution in [1.29, 1.82) is 0 Å². The molecule has 2 aromatic carbocycles. The Hall–Kier alpha value is -4.15. The summed E-state index contributed by atoms with van der Waals surface area (Å²) in [6.07, 6.45) is -1.30. The standard InChI is InChI=1S/C27H20F3N3/c1-4-24(21-10-6-5-9-19(21)17(2)3)32-26-20-13-14-31-16-18(20)15-25(33-26)22-11-7-8-12-23(22)27(28,29)30/h5-16H,1-2H2,3H3,(H,32,33). The number of halogens is 3. The monoisotopic (exact) mass is 443 g/mol. The molecule has 164 valence electrons. The Labute approximate surface area is 189 Å². The Morgan fingerprint density at radius 2 is 1.70 bits per heavy atom. The highest BCUT2D eigenvalue weighted by Gasteiger charge is 2.33. The van der Waals surface area contributed by atoms with Crippen LogP contribution in [0, 0.1) is 0 Å². The van der Waals surface area contributed by atoms with E-state index in [1.54, 1.807) is 30.6 Å². The number of fused-ring (bicyclic) bond motifs is 1. The molecule has 0 atom stereocenters. The summed E-state index contributed by atoms with van der Waals surface area (Å²) in [5, 5.41) is 4.59. The molecule has 2 aromatic heterocycles. The van der Waals surface area contributed by atoms with E-state index in [2.05, 4.69) is 34.2 Å². The zero-order valence-electron chi connectivity index (χ0n) is 17.9. The van der Waals surface area contributed by atoms with Crippen LogP contribution in [0.5, 0.6) is 0 Å². The van der Waals surface area contributed by atoms with E-state index in [0.717, 1.165) is 22.8 Å². The molecule has 0 aliphatic carbocycles.